The summed E-state index contributed by atoms with van der Waals surface area (Å²) in [6, 6.07) is 12.5. The number of amides is 1. The fraction of sp³-hybridized carbons (Fsp3) is 0.367. The molecule has 0 bridgehead atoms. The number of carbonyl (C=O) groups is 3. The minimum absolute atomic E-state index is 0.309. The standard InChI is InChI=1S/C30H34BrClNO8PS/c1-29(2,3)27(35)38-17-40-42(37,41-18-39-28(36)30(4,5)6)25(23-16-43-24-11-10-21(32)15-22(23)24)26(34)33-13-12-19-8-7-9-20(31)14-19/h7-16,25H,17-18H2,1-6H3,(H,33,34)/b13-12+. The molecule has 0 aliphatic carbocycles. The van der Waals surface area contributed by atoms with Crippen LogP contribution < -0.4 is 5.32 Å². The van der Waals surface area contributed by atoms with Crippen molar-refractivity contribution >= 4 is 80.5 Å². The van der Waals surface area contributed by atoms with Crippen LogP contribution in [0.4, 0.5) is 0 Å². The zero-order valence-corrected chi connectivity index (χ0v) is 28.7. The molecule has 1 unspecified atom stereocenters. The molecule has 1 amide bonds. The minimum atomic E-state index is -4.58. The van der Waals surface area contributed by atoms with E-state index in [2.05, 4.69) is 21.2 Å². The molecule has 1 aromatic heterocycles. The Bertz CT molecular complexity index is 1520. The van der Waals surface area contributed by atoms with Crippen molar-refractivity contribution in [2.24, 2.45) is 10.8 Å². The quantitative estimate of drug-likeness (QED) is 0.119. The maximum Gasteiger partial charge on any atom is 0.353 e. The molecule has 43 heavy (non-hydrogen) atoms. The van der Waals surface area contributed by atoms with Crippen molar-refractivity contribution in [1.82, 2.24) is 5.32 Å². The third-order valence-electron chi connectivity index (χ3n) is 5.84. The van der Waals surface area contributed by atoms with Crippen LogP contribution in [-0.2, 0) is 37.5 Å². The van der Waals surface area contributed by atoms with Crippen LogP contribution in [0, 0.1) is 10.8 Å². The second-order valence-corrected chi connectivity index (χ2v) is 15.9. The summed E-state index contributed by atoms with van der Waals surface area (Å²) in [5.74, 6) is -1.98. The van der Waals surface area contributed by atoms with Crippen molar-refractivity contribution in [2.75, 3.05) is 13.6 Å². The first-order valence-corrected chi connectivity index (χ1v) is 16.8. The van der Waals surface area contributed by atoms with E-state index in [0.29, 0.717) is 16.0 Å². The van der Waals surface area contributed by atoms with E-state index >= 15 is 0 Å². The lowest BCUT2D eigenvalue weighted by Crippen LogP contribution is -2.29. The third kappa shape index (κ3) is 9.73. The molecule has 2 aromatic carbocycles. The van der Waals surface area contributed by atoms with Gasteiger partial charge in [-0.25, -0.2) is 0 Å². The zero-order chi connectivity index (χ0) is 32.0. The number of carbonyl (C=O) groups excluding carboxylic acids is 3. The number of halogens is 2. The summed E-state index contributed by atoms with van der Waals surface area (Å²) < 4.78 is 37.8. The van der Waals surface area contributed by atoms with E-state index in [9.17, 15) is 18.9 Å². The van der Waals surface area contributed by atoms with Gasteiger partial charge in [-0.15, -0.1) is 11.3 Å². The average Bonchev–Trinajstić information content (AvgIpc) is 3.30. The number of rotatable bonds is 11. The SMILES string of the molecule is CC(C)(C)C(=O)OCOP(=O)(OCOC(=O)C(C)(C)C)C(C(=O)N/C=C/c1cccc(Br)c1)c1csc2ccc(Cl)cc12. The van der Waals surface area contributed by atoms with Gasteiger partial charge in [0.25, 0.3) is 0 Å². The topological polar surface area (TPSA) is 117 Å². The molecule has 1 heterocycles. The number of hydrogen-bond acceptors (Lipinski definition) is 9. The Balaban J connectivity index is 2.02. The monoisotopic (exact) mass is 713 g/mol. The van der Waals surface area contributed by atoms with Gasteiger partial charge in [-0.1, -0.05) is 39.7 Å². The molecule has 0 saturated carbocycles. The van der Waals surface area contributed by atoms with E-state index in [1.807, 2.05) is 24.3 Å². The predicted molar refractivity (Wildman–Crippen MR) is 171 cm³/mol. The van der Waals surface area contributed by atoms with Gasteiger partial charge < -0.3 is 14.8 Å². The van der Waals surface area contributed by atoms with Crippen LogP contribution in [0.1, 0.15) is 58.3 Å². The Morgan fingerprint density at radius 2 is 1.58 bits per heavy atom. The molecule has 0 fully saturated rings. The number of nitrogens with one attached hydrogen (secondary N) is 1. The summed E-state index contributed by atoms with van der Waals surface area (Å²) in [4.78, 5) is 38.6. The summed E-state index contributed by atoms with van der Waals surface area (Å²) in [5.41, 5.74) is -2.20. The number of benzene rings is 2. The minimum Gasteiger partial charge on any atom is -0.438 e. The Morgan fingerprint density at radius 1 is 0.977 bits per heavy atom. The third-order valence-corrected chi connectivity index (χ3v) is 9.63. The highest BCUT2D eigenvalue weighted by Crippen LogP contribution is 2.62. The van der Waals surface area contributed by atoms with Crippen molar-refractivity contribution < 1.29 is 37.5 Å². The summed E-state index contributed by atoms with van der Waals surface area (Å²) in [5, 5.41) is 5.27. The Hall–Kier alpha value is -2.53. The van der Waals surface area contributed by atoms with Crippen LogP contribution in [-0.4, -0.2) is 31.4 Å². The van der Waals surface area contributed by atoms with Crippen LogP contribution in [0.15, 0.2) is 58.5 Å². The van der Waals surface area contributed by atoms with Crippen LogP contribution in [0.5, 0.6) is 0 Å². The molecule has 0 spiro atoms. The molecule has 0 saturated heterocycles. The van der Waals surface area contributed by atoms with Gasteiger partial charge in [-0.2, -0.15) is 0 Å². The lowest BCUT2D eigenvalue weighted by atomic mass is 9.98. The molecule has 232 valence electrons. The van der Waals surface area contributed by atoms with Gasteiger partial charge in [0.2, 0.25) is 19.5 Å². The first-order valence-electron chi connectivity index (χ1n) is 13.1. The van der Waals surface area contributed by atoms with Crippen molar-refractivity contribution in [1.29, 1.82) is 0 Å². The lowest BCUT2D eigenvalue weighted by Gasteiger charge is -2.27. The smallest absolute Gasteiger partial charge is 0.353 e. The maximum atomic E-state index is 14.6. The highest BCUT2D eigenvalue weighted by Gasteiger charge is 2.45. The summed E-state index contributed by atoms with van der Waals surface area (Å²) >= 11 is 11.0. The number of hydrogen-bond donors (Lipinski definition) is 1. The zero-order valence-electron chi connectivity index (χ0n) is 24.6. The van der Waals surface area contributed by atoms with Gasteiger partial charge in [0.15, 0.2) is 5.66 Å². The van der Waals surface area contributed by atoms with Gasteiger partial charge >= 0.3 is 19.5 Å². The first-order chi connectivity index (χ1) is 20.0. The summed E-state index contributed by atoms with van der Waals surface area (Å²) in [6.07, 6.45) is 3.06. The number of ether oxygens (including phenoxy) is 2. The summed E-state index contributed by atoms with van der Waals surface area (Å²) in [6.45, 7) is 8.32. The molecule has 3 rings (SSSR count). The van der Waals surface area contributed by atoms with Gasteiger partial charge in [0.1, 0.15) is 0 Å². The van der Waals surface area contributed by atoms with Gasteiger partial charge in [-0.3, -0.25) is 28.0 Å². The first kappa shape index (κ1) is 35.0. The van der Waals surface area contributed by atoms with E-state index in [4.69, 9.17) is 30.1 Å². The molecule has 13 heteroatoms. The number of esters is 2. The molecule has 0 aliphatic rings. The van der Waals surface area contributed by atoms with Gasteiger partial charge in [0.05, 0.1) is 10.8 Å². The molecule has 1 atom stereocenters. The van der Waals surface area contributed by atoms with Crippen molar-refractivity contribution in [3.05, 3.63) is 74.7 Å². The lowest BCUT2D eigenvalue weighted by molar-refractivity contribution is -0.162. The van der Waals surface area contributed by atoms with E-state index in [1.54, 1.807) is 71.2 Å². The van der Waals surface area contributed by atoms with Crippen LogP contribution in [0.25, 0.3) is 16.2 Å². The van der Waals surface area contributed by atoms with Gasteiger partial charge in [-0.05, 0) is 99.8 Å². The van der Waals surface area contributed by atoms with E-state index in [1.165, 1.54) is 17.5 Å². The molecule has 1 N–H and O–H groups in total. The highest BCUT2D eigenvalue weighted by atomic mass is 79.9. The Morgan fingerprint density at radius 3 is 2.14 bits per heavy atom. The fourth-order valence-electron chi connectivity index (χ4n) is 3.52. The van der Waals surface area contributed by atoms with E-state index in [-0.39, 0.29) is 0 Å². The Labute approximate surface area is 268 Å². The van der Waals surface area contributed by atoms with Gasteiger partial charge in [0, 0.05) is 20.4 Å². The predicted octanol–water partition coefficient (Wildman–Crippen LogP) is 8.47. The molecular formula is C30H34BrClNO8PS. The van der Waals surface area contributed by atoms with Crippen molar-refractivity contribution in [3.63, 3.8) is 0 Å². The fourth-order valence-corrected chi connectivity index (χ4v) is 6.87. The molecular weight excluding hydrogens is 681 g/mol. The molecule has 0 aliphatic heterocycles. The average molecular weight is 715 g/mol. The van der Waals surface area contributed by atoms with Crippen LogP contribution in [0.2, 0.25) is 5.02 Å². The normalized spacial score (nSPS) is 13.2. The van der Waals surface area contributed by atoms with Crippen LogP contribution >= 0.6 is 46.5 Å². The maximum absolute atomic E-state index is 14.6. The summed E-state index contributed by atoms with van der Waals surface area (Å²) in [7, 11) is -4.58. The van der Waals surface area contributed by atoms with E-state index < -0.39 is 55.5 Å². The largest absolute Gasteiger partial charge is 0.438 e. The number of thiophene rings is 1. The van der Waals surface area contributed by atoms with Crippen molar-refractivity contribution in [3.8, 4) is 0 Å². The van der Waals surface area contributed by atoms with Crippen molar-refractivity contribution in [2.45, 2.75) is 47.2 Å². The molecule has 3 aromatic rings. The van der Waals surface area contributed by atoms with Crippen LogP contribution in [0.3, 0.4) is 0 Å². The second-order valence-electron chi connectivity index (χ2n) is 11.5. The second kappa shape index (κ2) is 14.5. The highest BCUT2D eigenvalue weighted by molar-refractivity contribution is 9.10. The molecule has 9 nitrogen and oxygen atoms in total. The molecule has 0 radical (unpaired) electrons. The Kier molecular flexibility index (Phi) is 11.8. The number of fused-ring (bicyclic) bond motifs is 1. The van der Waals surface area contributed by atoms with E-state index in [0.717, 1.165) is 14.7 Å².